The van der Waals surface area contributed by atoms with E-state index in [1.807, 2.05) is 25.1 Å². The summed E-state index contributed by atoms with van der Waals surface area (Å²) in [5, 5.41) is 6.63. The molecule has 2 aromatic carbocycles. The predicted octanol–water partition coefficient (Wildman–Crippen LogP) is 5.63. The Hall–Kier alpha value is -2.31. The first-order valence-electron chi connectivity index (χ1n) is 10.4. The van der Waals surface area contributed by atoms with Crippen molar-refractivity contribution in [2.75, 3.05) is 23.3 Å². The highest BCUT2D eigenvalue weighted by atomic mass is 35.5. The zero-order valence-corrected chi connectivity index (χ0v) is 19.0. The summed E-state index contributed by atoms with van der Waals surface area (Å²) < 4.78 is 5.74. The van der Waals surface area contributed by atoms with E-state index in [0.717, 1.165) is 36.6 Å². The molecule has 1 amide bonds. The number of thiocarbonyl (C=S) groups is 1. The van der Waals surface area contributed by atoms with Crippen LogP contribution in [0.25, 0.3) is 0 Å². The molecule has 2 N–H and O–H groups in total. The summed E-state index contributed by atoms with van der Waals surface area (Å²) >= 11 is 11.8. The van der Waals surface area contributed by atoms with Crippen LogP contribution in [-0.4, -0.2) is 30.2 Å². The number of carbonyl (C=O) groups is 1. The van der Waals surface area contributed by atoms with Crippen LogP contribution in [0.2, 0.25) is 5.02 Å². The van der Waals surface area contributed by atoms with Crippen molar-refractivity contribution >= 4 is 46.2 Å². The van der Waals surface area contributed by atoms with Crippen LogP contribution < -0.4 is 20.3 Å². The Morgan fingerprint density at radius 2 is 1.87 bits per heavy atom. The van der Waals surface area contributed by atoms with Crippen LogP contribution in [0.3, 0.4) is 0 Å². The van der Waals surface area contributed by atoms with E-state index < -0.39 is 0 Å². The molecule has 1 saturated heterocycles. The van der Waals surface area contributed by atoms with E-state index in [-0.39, 0.29) is 17.1 Å². The quantitative estimate of drug-likeness (QED) is 0.564. The zero-order valence-electron chi connectivity index (χ0n) is 17.4. The summed E-state index contributed by atoms with van der Waals surface area (Å²) in [6, 6.07) is 12.8. The number of piperidine rings is 1. The first-order chi connectivity index (χ1) is 14.5. The average molecular weight is 446 g/mol. The summed E-state index contributed by atoms with van der Waals surface area (Å²) in [7, 11) is 0. The van der Waals surface area contributed by atoms with Gasteiger partial charge in [0.1, 0.15) is 5.75 Å². The van der Waals surface area contributed by atoms with Gasteiger partial charge in [0.2, 0.25) is 0 Å². The van der Waals surface area contributed by atoms with Gasteiger partial charge in [-0.15, -0.1) is 0 Å². The Morgan fingerprint density at radius 1 is 1.17 bits per heavy atom. The van der Waals surface area contributed by atoms with Gasteiger partial charge in [-0.05, 0) is 87.3 Å². The molecule has 1 aliphatic heterocycles. The van der Waals surface area contributed by atoms with Gasteiger partial charge in [-0.2, -0.15) is 0 Å². The highest BCUT2D eigenvalue weighted by Gasteiger charge is 2.15. The molecule has 0 radical (unpaired) electrons. The number of nitrogens with one attached hydrogen (secondary N) is 2. The maximum atomic E-state index is 12.5. The third-order valence-electron chi connectivity index (χ3n) is 5.16. The second kappa shape index (κ2) is 10.6. The summed E-state index contributed by atoms with van der Waals surface area (Å²) in [6.07, 6.45) is 4.71. The minimum Gasteiger partial charge on any atom is -0.491 e. The summed E-state index contributed by atoms with van der Waals surface area (Å²) in [5.41, 5.74) is 2.29. The van der Waals surface area contributed by atoms with E-state index in [2.05, 4.69) is 22.5 Å². The van der Waals surface area contributed by atoms with E-state index in [0.29, 0.717) is 10.6 Å². The van der Waals surface area contributed by atoms with Gasteiger partial charge in [0, 0.05) is 24.3 Å². The third-order valence-corrected chi connectivity index (χ3v) is 5.66. The van der Waals surface area contributed by atoms with Gasteiger partial charge in [-0.1, -0.05) is 18.5 Å². The van der Waals surface area contributed by atoms with E-state index in [9.17, 15) is 4.79 Å². The first-order valence-corrected chi connectivity index (χ1v) is 11.2. The number of benzene rings is 2. The van der Waals surface area contributed by atoms with E-state index >= 15 is 0 Å². The molecule has 1 aliphatic rings. The van der Waals surface area contributed by atoms with Crippen LogP contribution in [0.15, 0.2) is 42.5 Å². The lowest BCUT2D eigenvalue weighted by Gasteiger charge is -2.29. The van der Waals surface area contributed by atoms with Crippen molar-refractivity contribution in [3.05, 3.63) is 53.1 Å². The second-order valence-electron chi connectivity index (χ2n) is 7.48. The molecule has 7 heteroatoms. The van der Waals surface area contributed by atoms with Gasteiger partial charge in [-0.25, -0.2) is 0 Å². The number of hydrogen-bond donors (Lipinski definition) is 2. The first kappa shape index (κ1) is 22.4. The monoisotopic (exact) mass is 445 g/mol. The molecule has 30 heavy (non-hydrogen) atoms. The number of halogens is 1. The van der Waals surface area contributed by atoms with Crippen molar-refractivity contribution in [1.82, 2.24) is 5.32 Å². The SMILES string of the molecule is CC[C@H](C)Oc1ccc(C(=O)NC(=S)Nc2ccc(N3CCCCC3)c(Cl)c2)cc1. The smallest absolute Gasteiger partial charge is 0.257 e. The van der Waals surface area contributed by atoms with Gasteiger partial charge >= 0.3 is 0 Å². The molecule has 0 aliphatic carbocycles. The summed E-state index contributed by atoms with van der Waals surface area (Å²) in [4.78, 5) is 14.8. The molecule has 0 spiro atoms. The van der Waals surface area contributed by atoms with Crippen molar-refractivity contribution < 1.29 is 9.53 Å². The molecule has 0 unspecified atom stereocenters. The van der Waals surface area contributed by atoms with E-state index in [1.165, 1.54) is 19.3 Å². The lowest BCUT2D eigenvalue weighted by Crippen LogP contribution is -2.34. The number of nitrogens with zero attached hydrogens (tertiary/aromatic N) is 1. The lowest BCUT2D eigenvalue weighted by atomic mass is 10.1. The van der Waals surface area contributed by atoms with Gasteiger partial charge in [0.05, 0.1) is 16.8 Å². The normalized spacial score (nSPS) is 14.7. The molecular formula is C23H28ClN3O2S. The topological polar surface area (TPSA) is 53.6 Å². The van der Waals surface area contributed by atoms with Crippen LogP contribution in [0.4, 0.5) is 11.4 Å². The maximum absolute atomic E-state index is 12.5. The molecule has 160 valence electrons. The van der Waals surface area contributed by atoms with Crippen molar-refractivity contribution in [2.24, 2.45) is 0 Å². The van der Waals surface area contributed by atoms with Crippen LogP contribution in [0.1, 0.15) is 49.9 Å². The van der Waals surface area contributed by atoms with E-state index in [1.54, 1.807) is 24.3 Å². The molecule has 1 fully saturated rings. The summed E-state index contributed by atoms with van der Waals surface area (Å²) in [5.74, 6) is 0.462. The fourth-order valence-corrected chi connectivity index (χ4v) is 3.82. The van der Waals surface area contributed by atoms with Crippen LogP contribution in [0, 0.1) is 0 Å². The minimum atomic E-state index is -0.279. The van der Waals surface area contributed by atoms with E-state index in [4.69, 9.17) is 28.6 Å². The number of ether oxygens (including phenoxy) is 1. The molecule has 0 bridgehead atoms. The van der Waals surface area contributed by atoms with Crippen LogP contribution >= 0.6 is 23.8 Å². The van der Waals surface area contributed by atoms with Crippen LogP contribution in [-0.2, 0) is 0 Å². The fourth-order valence-electron chi connectivity index (χ4n) is 3.31. The Kier molecular flexibility index (Phi) is 7.94. The number of carbonyl (C=O) groups excluding carboxylic acids is 1. The Bertz CT molecular complexity index is 883. The van der Waals surface area contributed by atoms with Crippen molar-refractivity contribution in [3.63, 3.8) is 0 Å². The molecule has 3 rings (SSSR count). The zero-order chi connectivity index (χ0) is 21.5. The summed E-state index contributed by atoms with van der Waals surface area (Å²) in [6.45, 7) is 6.13. The van der Waals surface area contributed by atoms with Crippen molar-refractivity contribution in [3.8, 4) is 5.75 Å². The molecule has 1 heterocycles. The highest BCUT2D eigenvalue weighted by molar-refractivity contribution is 7.80. The highest BCUT2D eigenvalue weighted by Crippen LogP contribution is 2.30. The molecule has 1 atom stereocenters. The maximum Gasteiger partial charge on any atom is 0.257 e. The second-order valence-corrected chi connectivity index (χ2v) is 8.30. The van der Waals surface area contributed by atoms with Gasteiger partial charge in [0.25, 0.3) is 5.91 Å². The van der Waals surface area contributed by atoms with Gasteiger partial charge < -0.3 is 15.0 Å². The van der Waals surface area contributed by atoms with Crippen LogP contribution in [0.5, 0.6) is 5.75 Å². The number of hydrogen-bond acceptors (Lipinski definition) is 4. The number of amides is 1. The lowest BCUT2D eigenvalue weighted by molar-refractivity contribution is 0.0977. The largest absolute Gasteiger partial charge is 0.491 e. The van der Waals surface area contributed by atoms with Crippen molar-refractivity contribution in [2.45, 2.75) is 45.6 Å². The Morgan fingerprint density at radius 3 is 2.50 bits per heavy atom. The third kappa shape index (κ3) is 6.09. The Labute approximate surface area is 188 Å². The average Bonchev–Trinajstić information content (AvgIpc) is 2.74. The minimum absolute atomic E-state index is 0.134. The molecule has 5 nitrogen and oxygen atoms in total. The van der Waals surface area contributed by atoms with Crippen molar-refractivity contribution in [1.29, 1.82) is 0 Å². The fraction of sp³-hybridized carbons (Fsp3) is 0.391. The number of rotatable bonds is 6. The number of anilines is 2. The molecule has 0 aromatic heterocycles. The standard InChI is InChI=1S/C23H28ClN3O2S/c1-3-16(2)29-19-10-7-17(8-11-19)22(28)26-23(30)25-18-9-12-21(20(24)15-18)27-13-5-4-6-14-27/h7-12,15-16H,3-6,13-14H2,1-2H3,(H2,25,26,28,30)/t16-/m0/s1. The van der Waals surface area contributed by atoms with Gasteiger partial charge in [-0.3, -0.25) is 10.1 Å². The Balaban J connectivity index is 1.55. The molecule has 0 saturated carbocycles. The molecular weight excluding hydrogens is 418 g/mol. The molecule has 2 aromatic rings. The predicted molar refractivity (Wildman–Crippen MR) is 128 cm³/mol. The van der Waals surface area contributed by atoms with Gasteiger partial charge in [0.15, 0.2) is 5.11 Å².